The maximum absolute atomic E-state index is 9.25. The molecule has 3 heteroatoms. The zero-order valence-corrected chi connectivity index (χ0v) is 7.53. The highest BCUT2D eigenvalue weighted by Gasteiger charge is 2.14. The second-order valence-electron chi connectivity index (χ2n) is 3.48. The van der Waals surface area contributed by atoms with Gasteiger partial charge in [-0.15, -0.1) is 0 Å². The van der Waals surface area contributed by atoms with Crippen LogP contribution in [0.25, 0.3) is 0 Å². The van der Waals surface area contributed by atoms with Crippen molar-refractivity contribution in [3.8, 4) is 5.75 Å². The van der Waals surface area contributed by atoms with Crippen LogP contribution in [0.2, 0.25) is 0 Å². The molecule has 1 aromatic rings. The van der Waals surface area contributed by atoms with Crippen LogP contribution < -0.4 is 5.32 Å². The minimum atomic E-state index is 0.255. The van der Waals surface area contributed by atoms with E-state index in [1.165, 1.54) is 19.0 Å². The summed E-state index contributed by atoms with van der Waals surface area (Å²) in [4.78, 5) is 3.97. The van der Waals surface area contributed by atoms with Crippen LogP contribution in [0.3, 0.4) is 0 Å². The molecule has 0 aromatic carbocycles. The summed E-state index contributed by atoms with van der Waals surface area (Å²) < 4.78 is 0. The number of aromatic hydroxyl groups is 1. The summed E-state index contributed by atoms with van der Waals surface area (Å²) in [5.74, 6) is 0.255. The number of pyridine rings is 1. The second-order valence-corrected chi connectivity index (χ2v) is 3.48. The Morgan fingerprint density at radius 2 is 2.31 bits per heavy atom. The maximum atomic E-state index is 9.25. The molecular weight excluding hydrogens is 164 g/mol. The lowest BCUT2D eigenvalue weighted by Gasteiger charge is -2.23. The van der Waals surface area contributed by atoms with Crippen LogP contribution in [0.15, 0.2) is 18.5 Å². The van der Waals surface area contributed by atoms with Gasteiger partial charge in [0.1, 0.15) is 5.75 Å². The van der Waals surface area contributed by atoms with Gasteiger partial charge < -0.3 is 10.4 Å². The van der Waals surface area contributed by atoms with E-state index in [0.717, 1.165) is 18.5 Å². The molecule has 1 aliphatic rings. The standard InChI is InChI=1S/C10H14N2O/c13-9-5-8(6-11-7-9)10-3-1-2-4-12-10/h5-7,10,12-13H,1-4H2. The van der Waals surface area contributed by atoms with Gasteiger partial charge in [0.2, 0.25) is 0 Å². The number of nitrogens with one attached hydrogen (secondary N) is 1. The first-order chi connectivity index (χ1) is 6.36. The Balaban J connectivity index is 2.14. The van der Waals surface area contributed by atoms with Gasteiger partial charge in [0.25, 0.3) is 0 Å². The Hall–Kier alpha value is -1.09. The van der Waals surface area contributed by atoms with Crippen LogP contribution in [-0.4, -0.2) is 16.6 Å². The molecule has 1 aromatic heterocycles. The first kappa shape index (κ1) is 8.51. The minimum Gasteiger partial charge on any atom is -0.506 e. The SMILES string of the molecule is Oc1cncc(C2CCCCN2)c1. The molecule has 0 amide bonds. The topological polar surface area (TPSA) is 45.2 Å². The molecule has 0 radical (unpaired) electrons. The summed E-state index contributed by atoms with van der Waals surface area (Å²) in [6.07, 6.45) is 6.94. The van der Waals surface area contributed by atoms with E-state index in [9.17, 15) is 5.11 Å². The fraction of sp³-hybridized carbons (Fsp3) is 0.500. The van der Waals surface area contributed by atoms with Crippen molar-refractivity contribution in [2.75, 3.05) is 6.54 Å². The molecular formula is C10H14N2O. The molecule has 1 atom stereocenters. The molecule has 1 saturated heterocycles. The first-order valence-electron chi connectivity index (χ1n) is 4.73. The van der Waals surface area contributed by atoms with E-state index >= 15 is 0 Å². The van der Waals surface area contributed by atoms with E-state index < -0.39 is 0 Å². The number of nitrogens with zero attached hydrogens (tertiary/aromatic N) is 1. The molecule has 0 aliphatic carbocycles. The highest BCUT2D eigenvalue weighted by atomic mass is 16.3. The van der Waals surface area contributed by atoms with Gasteiger partial charge in [-0.3, -0.25) is 4.98 Å². The Morgan fingerprint density at radius 1 is 1.38 bits per heavy atom. The Labute approximate surface area is 77.8 Å². The normalized spacial score (nSPS) is 22.9. The van der Waals surface area contributed by atoms with Gasteiger partial charge in [-0.2, -0.15) is 0 Å². The third-order valence-corrected chi connectivity index (χ3v) is 2.46. The van der Waals surface area contributed by atoms with E-state index in [4.69, 9.17) is 0 Å². The van der Waals surface area contributed by atoms with Gasteiger partial charge in [-0.25, -0.2) is 0 Å². The van der Waals surface area contributed by atoms with E-state index in [1.54, 1.807) is 6.07 Å². The summed E-state index contributed by atoms with van der Waals surface area (Å²) in [7, 11) is 0. The molecule has 3 nitrogen and oxygen atoms in total. The summed E-state index contributed by atoms with van der Waals surface area (Å²) in [6, 6.07) is 2.17. The Kier molecular flexibility index (Phi) is 2.45. The highest BCUT2D eigenvalue weighted by Crippen LogP contribution is 2.23. The van der Waals surface area contributed by atoms with Crippen molar-refractivity contribution in [1.29, 1.82) is 0 Å². The van der Waals surface area contributed by atoms with E-state index in [1.807, 2.05) is 6.20 Å². The monoisotopic (exact) mass is 178 g/mol. The van der Waals surface area contributed by atoms with Gasteiger partial charge in [0.15, 0.2) is 0 Å². The molecule has 70 valence electrons. The average Bonchev–Trinajstić information content (AvgIpc) is 2.19. The first-order valence-corrected chi connectivity index (χ1v) is 4.73. The lowest BCUT2D eigenvalue weighted by molar-refractivity contribution is 0.408. The lowest BCUT2D eigenvalue weighted by Crippen LogP contribution is -2.26. The van der Waals surface area contributed by atoms with Crippen molar-refractivity contribution in [3.63, 3.8) is 0 Å². The van der Waals surface area contributed by atoms with Crippen LogP contribution >= 0.6 is 0 Å². The number of piperidine rings is 1. The van der Waals surface area contributed by atoms with Crippen LogP contribution in [0.5, 0.6) is 5.75 Å². The van der Waals surface area contributed by atoms with E-state index in [0.29, 0.717) is 6.04 Å². The number of rotatable bonds is 1. The number of aromatic nitrogens is 1. The molecule has 1 fully saturated rings. The predicted octanol–water partition coefficient (Wildman–Crippen LogP) is 1.60. The third kappa shape index (κ3) is 1.98. The zero-order valence-electron chi connectivity index (χ0n) is 7.53. The Bertz CT molecular complexity index is 282. The van der Waals surface area contributed by atoms with Gasteiger partial charge in [0.05, 0.1) is 6.20 Å². The van der Waals surface area contributed by atoms with Crippen LogP contribution in [-0.2, 0) is 0 Å². The van der Waals surface area contributed by atoms with E-state index in [-0.39, 0.29) is 5.75 Å². The minimum absolute atomic E-state index is 0.255. The van der Waals surface area contributed by atoms with Gasteiger partial charge >= 0.3 is 0 Å². The van der Waals surface area contributed by atoms with Crippen molar-refractivity contribution in [2.24, 2.45) is 0 Å². The third-order valence-electron chi connectivity index (χ3n) is 2.46. The fourth-order valence-corrected chi connectivity index (χ4v) is 1.77. The number of hydrogen-bond donors (Lipinski definition) is 2. The summed E-state index contributed by atoms with van der Waals surface area (Å²) in [5.41, 5.74) is 1.10. The van der Waals surface area contributed by atoms with Gasteiger partial charge in [-0.05, 0) is 31.0 Å². The molecule has 0 saturated carbocycles. The van der Waals surface area contributed by atoms with Crippen molar-refractivity contribution >= 4 is 0 Å². The Morgan fingerprint density at radius 3 is 3.00 bits per heavy atom. The van der Waals surface area contributed by atoms with Crippen LogP contribution in [0, 0.1) is 0 Å². The molecule has 0 bridgehead atoms. The van der Waals surface area contributed by atoms with Crippen LogP contribution in [0.1, 0.15) is 30.9 Å². The van der Waals surface area contributed by atoms with E-state index in [2.05, 4.69) is 10.3 Å². The largest absolute Gasteiger partial charge is 0.506 e. The van der Waals surface area contributed by atoms with Crippen molar-refractivity contribution in [3.05, 3.63) is 24.0 Å². The predicted molar refractivity (Wildman–Crippen MR) is 50.5 cm³/mol. The molecule has 13 heavy (non-hydrogen) atoms. The van der Waals surface area contributed by atoms with Gasteiger partial charge in [0, 0.05) is 12.2 Å². The number of hydrogen-bond acceptors (Lipinski definition) is 3. The molecule has 2 N–H and O–H groups in total. The summed E-state index contributed by atoms with van der Waals surface area (Å²) in [6.45, 7) is 1.07. The quantitative estimate of drug-likeness (QED) is 0.686. The zero-order chi connectivity index (χ0) is 9.10. The molecule has 0 spiro atoms. The molecule has 1 unspecified atom stereocenters. The smallest absolute Gasteiger partial charge is 0.134 e. The molecule has 2 rings (SSSR count). The van der Waals surface area contributed by atoms with Crippen molar-refractivity contribution < 1.29 is 5.11 Å². The van der Waals surface area contributed by atoms with Gasteiger partial charge in [-0.1, -0.05) is 6.42 Å². The summed E-state index contributed by atoms with van der Waals surface area (Å²) >= 11 is 0. The molecule has 1 aliphatic heterocycles. The summed E-state index contributed by atoms with van der Waals surface area (Å²) in [5, 5.41) is 12.7. The molecule has 2 heterocycles. The van der Waals surface area contributed by atoms with Crippen LogP contribution in [0.4, 0.5) is 0 Å². The fourth-order valence-electron chi connectivity index (χ4n) is 1.77. The van der Waals surface area contributed by atoms with Crippen molar-refractivity contribution in [2.45, 2.75) is 25.3 Å². The maximum Gasteiger partial charge on any atom is 0.134 e. The highest BCUT2D eigenvalue weighted by molar-refractivity contribution is 5.24. The average molecular weight is 178 g/mol. The van der Waals surface area contributed by atoms with Crippen molar-refractivity contribution in [1.82, 2.24) is 10.3 Å². The lowest BCUT2D eigenvalue weighted by atomic mass is 9.99. The second kappa shape index (κ2) is 3.75.